The molecule has 2 N–H and O–H groups in total. The highest BCUT2D eigenvalue weighted by molar-refractivity contribution is 5.83. The maximum atomic E-state index is 8.65. The summed E-state index contributed by atoms with van der Waals surface area (Å²) in [6.45, 7) is 2.70. The van der Waals surface area contributed by atoms with Gasteiger partial charge in [-0.25, -0.2) is 0 Å². The topological polar surface area (TPSA) is 51.6 Å². The lowest BCUT2D eigenvalue weighted by atomic mass is 10.1. The zero-order chi connectivity index (χ0) is 11.4. The fourth-order valence-electron chi connectivity index (χ4n) is 1.81. The van der Waals surface area contributed by atoms with Crippen molar-refractivity contribution >= 4 is 10.9 Å². The van der Waals surface area contributed by atoms with Crippen LogP contribution in [-0.4, -0.2) is 17.6 Å². The van der Waals surface area contributed by atoms with Gasteiger partial charge in [0.2, 0.25) is 0 Å². The lowest BCUT2D eigenvalue weighted by Gasteiger charge is -2.04. The third kappa shape index (κ3) is 2.23. The van der Waals surface area contributed by atoms with E-state index in [1.54, 1.807) is 0 Å². The Morgan fingerprint density at radius 3 is 3.06 bits per heavy atom. The van der Waals surface area contributed by atoms with Crippen molar-refractivity contribution in [2.45, 2.75) is 19.4 Å². The van der Waals surface area contributed by atoms with Crippen molar-refractivity contribution in [2.75, 3.05) is 6.54 Å². The van der Waals surface area contributed by atoms with Crippen molar-refractivity contribution in [2.24, 2.45) is 0 Å². The van der Waals surface area contributed by atoms with Gasteiger partial charge in [-0.05, 0) is 25.0 Å². The Morgan fingerprint density at radius 1 is 1.44 bits per heavy atom. The first-order valence-corrected chi connectivity index (χ1v) is 5.49. The second-order valence-electron chi connectivity index (χ2n) is 3.91. The summed E-state index contributed by atoms with van der Waals surface area (Å²) in [5.41, 5.74) is 2.47. The third-order valence-corrected chi connectivity index (χ3v) is 2.71. The van der Waals surface area contributed by atoms with Gasteiger partial charge < -0.3 is 10.3 Å². The molecule has 3 heteroatoms. The van der Waals surface area contributed by atoms with Crippen LogP contribution in [0.2, 0.25) is 0 Å². The monoisotopic (exact) mass is 213 g/mol. The molecule has 3 nitrogen and oxygen atoms in total. The minimum absolute atomic E-state index is 0.0785. The molecule has 2 rings (SSSR count). The number of benzene rings is 1. The van der Waals surface area contributed by atoms with Crippen LogP contribution in [-0.2, 0) is 6.42 Å². The second-order valence-corrected chi connectivity index (χ2v) is 3.91. The Morgan fingerprint density at radius 2 is 2.25 bits per heavy atom. The Balaban J connectivity index is 2.02. The Bertz CT molecular complexity index is 507. The molecule has 0 radical (unpaired) electrons. The summed E-state index contributed by atoms with van der Waals surface area (Å²) in [5.74, 6) is 0. The van der Waals surface area contributed by atoms with Gasteiger partial charge in [-0.3, -0.25) is 0 Å². The Hall–Kier alpha value is -1.79. The van der Waals surface area contributed by atoms with Crippen molar-refractivity contribution < 1.29 is 0 Å². The maximum absolute atomic E-state index is 8.65. The predicted molar refractivity (Wildman–Crippen MR) is 65.1 cm³/mol. The van der Waals surface area contributed by atoms with E-state index in [1.807, 2.05) is 25.3 Å². The van der Waals surface area contributed by atoms with E-state index in [1.165, 1.54) is 16.5 Å². The van der Waals surface area contributed by atoms with Crippen LogP contribution in [0.5, 0.6) is 0 Å². The molecule has 82 valence electrons. The zero-order valence-corrected chi connectivity index (χ0v) is 9.33. The quantitative estimate of drug-likeness (QED) is 0.818. The smallest absolute Gasteiger partial charge is 0.0924 e. The van der Waals surface area contributed by atoms with Crippen molar-refractivity contribution in [3.05, 3.63) is 36.0 Å². The summed E-state index contributed by atoms with van der Waals surface area (Å²) >= 11 is 0. The van der Waals surface area contributed by atoms with Gasteiger partial charge in [-0.2, -0.15) is 5.26 Å². The molecular weight excluding hydrogens is 198 g/mol. The number of nitrogens with one attached hydrogen (secondary N) is 2. The van der Waals surface area contributed by atoms with Crippen molar-refractivity contribution in [3.63, 3.8) is 0 Å². The summed E-state index contributed by atoms with van der Waals surface area (Å²) < 4.78 is 0. The molecule has 1 aromatic carbocycles. The largest absolute Gasteiger partial charge is 0.361 e. The number of rotatable bonds is 4. The van der Waals surface area contributed by atoms with E-state index in [2.05, 4.69) is 28.5 Å². The molecule has 0 aliphatic carbocycles. The molecule has 1 heterocycles. The molecule has 0 saturated heterocycles. The normalized spacial score (nSPS) is 12.5. The highest BCUT2D eigenvalue weighted by Gasteiger charge is 2.03. The van der Waals surface area contributed by atoms with Crippen LogP contribution in [0.3, 0.4) is 0 Å². The van der Waals surface area contributed by atoms with Crippen molar-refractivity contribution in [1.82, 2.24) is 10.3 Å². The fourth-order valence-corrected chi connectivity index (χ4v) is 1.81. The highest BCUT2D eigenvalue weighted by atomic mass is 14.9. The molecule has 0 bridgehead atoms. The molecule has 0 spiro atoms. The van der Waals surface area contributed by atoms with E-state index in [9.17, 15) is 0 Å². The van der Waals surface area contributed by atoms with E-state index in [4.69, 9.17) is 5.26 Å². The number of para-hydroxylation sites is 1. The molecule has 0 aliphatic rings. The van der Waals surface area contributed by atoms with Crippen LogP contribution >= 0.6 is 0 Å². The molecular formula is C13H15N3. The number of nitrogens with zero attached hydrogens (tertiary/aromatic N) is 1. The summed E-state index contributed by atoms with van der Waals surface area (Å²) in [6, 6.07) is 10.4. The zero-order valence-electron chi connectivity index (χ0n) is 9.33. The van der Waals surface area contributed by atoms with Gasteiger partial charge in [0.05, 0.1) is 12.1 Å². The standard InChI is InChI=1S/C13H15N3/c1-10(8-14)15-7-6-11-9-16-13-5-3-2-4-12(11)13/h2-5,9-10,15-16H,6-7H2,1H3. The minimum Gasteiger partial charge on any atom is -0.361 e. The van der Waals surface area contributed by atoms with Gasteiger partial charge in [0.1, 0.15) is 0 Å². The van der Waals surface area contributed by atoms with E-state index < -0.39 is 0 Å². The highest BCUT2D eigenvalue weighted by Crippen LogP contribution is 2.17. The Labute approximate surface area is 95.1 Å². The molecule has 0 saturated carbocycles. The summed E-state index contributed by atoms with van der Waals surface area (Å²) in [4.78, 5) is 3.25. The molecule has 1 unspecified atom stereocenters. The first-order valence-electron chi connectivity index (χ1n) is 5.49. The molecule has 16 heavy (non-hydrogen) atoms. The van der Waals surface area contributed by atoms with E-state index >= 15 is 0 Å². The number of hydrogen-bond acceptors (Lipinski definition) is 2. The van der Waals surface area contributed by atoms with Crippen LogP contribution in [0, 0.1) is 11.3 Å². The number of fused-ring (bicyclic) bond motifs is 1. The second kappa shape index (κ2) is 4.82. The number of aromatic amines is 1. The molecule has 2 aromatic rings. The van der Waals surface area contributed by atoms with E-state index in [-0.39, 0.29) is 6.04 Å². The van der Waals surface area contributed by atoms with Gasteiger partial charge in [0.25, 0.3) is 0 Å². The molecule has 0 aliphatic heterocycles. The van der Waals surface area contributed by atoms with Gasteiger partial charge in [-0.1, -0.05) is 18.2 Å². The Kier molecular flexibility index (Phi) is 3.23. The predicted octanol–water partition coefficient (Wildman–Crippen LogP) is 2.21. The average Bonchev–Trinajstić information content (AvgIpc) is 2.73. The van der Waals surface area contributed by atoms with Crippen molar-refractivity contribution in [1.29, 1.82) is 5.26 Å². The van der Waals surface area contributed by atoms with Gasteiger partial charge in [0.15, 0.2) is 0 Å². The van der Waals surface area contributed by atoms with E-state index in [0.29, 0.717) is 0 Å². The average molecular weight is 213 g/mol. The van der Waals surface area contributed by atoms with Gasteiger partial charge >= 0.3 is 0 Å². The molecule has 0 amide bonds. The maximum Gasteiger partial charge on any atom is 0.0924 e. The number of H-pyrrole nitrogens is 1. The summed E-state index contributed by atoms with van der Waals surface area (Å²) in [7, 11) is 0. The summed E-state index contributed by atoms with van der Waals surface area (Å²) in [6.07, 6.45) is 2.99. The molecule has 1 aromatic heterocycles. The van der Waals surface area contributed by atoms with Gasteiger partial charge in [0, 0.05) is 23.6 Å². The van der Waals surface area contributed by atoms with E-state index in [0.717, 1.165) is 13.0 Å². The third-order valence-electron chi connectivity index (χ3n) is 2.71. The molecule has 0 fully saturated rings. The first-order chi connectivity index (χ1) is 7.81. The lowest BCUT2D eigenvalue weighted by molar-refractivity contribution is 0.642. The van der Waals surface area contributed by atoms with Crippen LogP contribution in [0.4, 0.5) is 0 Å². The van der Waals surface area contributed by atoms with Gasteiger partial charge in [-0.15, -0.1) is 0 Å². The SMILES string of the molecule is CC(C#N)NCCc1c[nH]c2ccccc12. The van der Waals surface area contributed by atoms with Crippen molar-refractivity contribution in [3.8, 4) is 6.07 Å². The van der Waals surface area contributed by atoms with Crippen LogP contribution in [0.1, 0.15) is 12.5 Å². The number of nitriles is 1. The fraction of sp³-hybridized carbons (Fsp3) is 0.308. The number of aromatic nitrogens is 1. The van der Waals surface area contributed by atoms with Crippen LogP contribution in [0.15, 0.2) is 30.5 Å². The van der Waals surface area contributed by atoms with Crippen LogP contribution < -0.4 is 5.32 Å². The minimum atomic E-state index is -0.0785. The molecule has 1 atom stereocenters. The van der Waals surface area contributed by atoms with Crippen LogP contribution in [0.25, 0.3) is 10.9 Å². The summed E-state index contributed by atoms with van der Waals surface area (Å²) in [5, 5.41) is 13.1. The lowest BCUT2D eigenvalue weighted by Crippen LogP contribution is -2.26. The first kappa shape index (κ1) is 10.7. The number of hydrogen-bond donors (Lipinski definition) is 2.